The lowest BCUT2D eigenvalue weighted by atomic mass is 9.94. The molecule has 4 aromatic carbocycles. The van der Waals surface area contributed by atoms with E-state index in [1.54, 1.807) is 24.3 Å². The monoisotopic (exact) mass is 705 g/mol. The Balaban J connectivity index is 1.55. The number of hydrogen-bond donors (Lipinski definition) is 1. The zero-order valence-electron chi connectivity index (χ0n) is 27.4. The van der Waals surface area contributed by atoms with Gasteiger partial charge in [0.2, 0.25) is 11.8 Å². The fourth-order valence-electron chi connectivity index (χ4n) is 6.07. The van der Waals surface area contributed by atoms with Crippen LogP contribution in [0.5, 0.6) is 5.75 Å². The molecule has 11 heteroatoms. The Morgan fingerprint density at radius 3 is 2.22 bits per heavy atom. The molecule has 1 N–H and O–H groups in total. The standard InChI is InChI=1S/C38H41ClFN3O5S/c1-2-48-34-20-22-35(23-21-34)49(46,47)43(33-18-16-31(40)17-19-33)27-37(44)42(26-29-12-9-13-30(39)24-29)36(25-28-10-5-3-6-11-28)38(45)41-32-14-7-4-8-15-32/h3,5-6,9-13,16-24,32,36H,2,4,7-8,14-15,25-27H2,1H3,(H,41,45). The van der Waals surface area contributed by atoms with Crippen molar-refractivity contribution in [3.05, 3.63) is 125 Å². The Labute approximate surface area is 292 Å². The molecule has 5 rings (SSSR count). The average molecular weight is 706 g/mol. The smallest absolute Gasteiger partial charge is 0.264 e. The molecular weight excluding hydrogens is 665 g/mol. The third-order valence-corrected chi connectivity index (χ3v) is 10.6. The number of anilines is 1. The number of benzene rings is 4. The fraction of sp³-hybridized carbons (Fsp3) is 0.316. The summed E-state index contributed by atoms with van der Waals surface area (Å²) in [7, 11) is -4.35. The average Bonchev–Trinajstić information content (AvgIpc) is 3.10. The molecule has 0 bridgehead atoms. The highest BCUT2D eigenvalue weighted by molar-refractivity contribution is 7.92. The number of ether oxygens (including phenoxy) is 1. The maximum Gasteiger partial charge on any atom is 0.264 e. The van der Waals surface area contributed by atoms with Gasteiger partial charge < -0.3 is 15.0 Å². The van der Waals surface area contributed by atoms with Crippen LogP contribution in [0.15, 0.2) is 108 Å². The molecule has 1 aliphatic carbocycles. The number of carbonyl (C=O) groups excluding carboxylic acids is 2. The van der Waals surface area contributed by atoms with Crippen molar-refractivity contribution in [3.63, 3.8) is 0 Å². The van der Waals surface area contributed by atoms with E-state index in [0.29, 0.717) is 22.9 Å². The molecule has 8 nitrogen and oxygen atoms in total. The van der Waals surface area contributed by atoms with Gasteiger partial charge in [-0.3, -0.25) is 13.9 Å². The molecule has 0 heterocycles. The van der Waals surface area contributed by atoms with Gasteiger partial charge in [0.15, 0.2) is 0 Å². The summed E-state index contributed by atoms with van der Waals surface area (Å²) in [5.41, 5.74) is 1.61. The lowest BCUT2D eigenvalue weighted by molar-refractivity contribution is -0.140. The lowest BCUT2D eigenvalue weighted by Gasteiger charge is -2.35. The first-order valence-corrected chi connectivity index (χ1v) is 18.3. The Bertz CT molecular complexity index is 1800. The highest BCUT2D eigenvalue weighted by atomic mass is 35.5. The Kier molecular flexibility index (Phi) is 12.3. The summed E-state index contributed by atoms with van der Waals surface area (Å²) in [6.45, 7) is 1.57. The van der Waals surface area contributed by atoms with Crippen LogP contribution in [-0.2, 0) is 32.6 Å². The molecule has 1 unspecified atom stereocenters. The molecule has 1 aliphatic rings. The van der Waals surface area contributed by atoms with Crippen molar-refractivity contribution < 1.29 is 27.1 Å². The molecule has 1 atom stereocenters. The first kappa shape index (κ1) is 35.9. The second-order valence-electron chi connectivity index (χ2n) is 12.1. The number of halogens is 2. The first-order chi connectivity index (χ1) is 23.6. The lowest BCUT2D eigenvalue weighted by Crippen LogP contribution is -2.55. The van der Waals surface area contributed by atoms with Gasteiger partial charge in [-0.1, -0.05) is 73.3 Å². The summed E-state index contributed by atoms with van der Waals surface area (Å²) >= 11 is 6.33. The third-order valence-electron chi connectivity index (χ3n) is 8.58. The van der Waals surface area contributed by atoms with Crippen LogP contribution in [0, 0.1) is 5.82 Å². The van der Waals surface area contributed by atoms with E-state index in [1.165, 1.54) is 41.3 Å². The van der Waals surface area contributed by atoms with Gasteiger partial charge in [0, 0.05) is 24.0 Å². The quantitative estimate of drug-likeness (QED) is 0.150. The topological polar surface area (TPSA) is 96.0 Å². The van der Waals surface area contributed by atoms with E-state index >= 15 is 0 Å². The molecule has 258 valence electrons. The number of nitrogens with zero attached hydrogens (tertiary/aromatic N) is 2. The van der Waals surface area contributed by atoms with Crippen LogP contribution in [-0.4, -0.2) is 50.4 Å². The summed E-state index contributed by atoms with van der Waals surface area (Å²) in [6.07, 6.45) is 5.04. The summed E-state index contributed by atoms with van der Waals surface area (Å²) in [5, 5.41) is 3.65. The molecule has 0 radical (unpaired) electrons. The van der Waals surface area contributed by atoms with Crippen molar-refractivity contribution in [1.82, 2.24) is 10.2 Å². The van der Waals surface area contributed by atoms with Crippen LogP contribution < -0.4 is 14.4 Å². The van der Waals surface area contributed by atoms with Crippen molar-refractivity contribution in [3.8, 4) is 5.75 Å². The number of nitrogens with one attached hydrogen (secondary N) is 1. The fourth-order valence-corrected chi connectivity index (χ4v) is 7.70. The van der Waals surface area contributed by atoms with Crippen LogP contribution in [0.3, 0.4) is 0 Å². The second-order valence-corrected chi connectivity index (χ2v) is 14.4. The van der Waals surface area contributed by atoms with Crippen molar-refractivity contribution in [2.75, 3.05) is 17.5 Å². The van der Waals surface area contributed by atoms with Crippen LogP contribution in [0.4, 0.5) is 10.1 Å². The number of rotatable bonds is 14. The van der Waals surface area contributed by atoms with Crippen LogP contribution in [0.25, 0.3) is 0 Å². The summed E-state index contributed by atoms with van der Waals surface area (Å²) in [5.74, 6) is -0.989. The third kappa shape index (κ3) is 9.61. The van der Waals surface area contributed by atoms with Gasteiger partial charge in [-0.2, -0.15) is 0 Å². The highest BCUT2D eigenvalue weighted by Crippen LogP contribution is 2.27. The van der Waals surface area contributed by atoms with Gasteiger partial charge in [0.1, 0.15) is 24.2 Å². The Morgan fingerprint density at radius 2 is 1.57 bits per heavy atom. The Hall–Kier alpha value is -4.41. The summed E-state index contributed by atoms with van der Waals surface area (Å²) < 4.78 is 48.9. The number of hydrogen-bond acceptors (Lipinski definition) is 5. The van der Waals surface area contributed by atoms with E-state index in [2.05, 4.69) is 5.32 Å². The largest absolute Gasteiger partial charge is 0.494 e. The van der Waals surface area contributed by atoms with Gasteiger partial charge >= 0.3 is 0 Å². The second kappa shape index (κ2) is 16.8. The predicted octanol–water partition coefficient (Wildman–Crippen LogP) is 7.16. The number of sulfonamides is 1. The molecule has 2 amide bonds. The number of carbonyl (C=O) groups is 2. The molecule has 1 saturated carbocycles. The minimum absolute atomic E-state index is 0.00462. The van der Waals surface area contributed by atoms with Gasteiger partial charge in [-0.15, -0.1) is 0 Å². The van der Waals surface area contributed by atoms with Crippen molar-refractivity contribution in [1.29, 1.82) is 0 Å². The SMILES string of the molecule is CCOc1ccc(S(=O)(=O)N(CC(=O)N(Cc2cccc(Cl)c2)C(Cc2ccccc2)C(=O)NC2CCCCC2)c2ccc(F)cc2)cc1. The molecule has 1 fully saturated rings. The molecule has 0 spiro atoms. The van der Waals surface area contributed by atoms with Gasteiger partial charge in [0.25, 0.3) is 10.0 Å². The normalized spacial score (nSPS) is 14.1. The molecule has 49 heavy (non-hydrogen) atoms. The Morgan fingerprint density at radius 1 is 0.898 bits per heavy atom. The minimum Gasteiger partial charge on any atom is -0.494 e. The zero-order valence-corrected chi connectivity index (χ0v) is 29.0. The van der Waals surface area contributed by atoms with E-state index in [4.69, 9.17) is 16.3 Å². The highest BCUT2D eigenvalue weighted by Gasteiger charge is 2.35. The van der Waals surface area contributed by atoms with Crippen LogP contribution in [0.2, 0.25) is 5.02 Å². The maximum atomic E-state index is 14.6. The van der Waals surface area contributed by atoms with Crippen molar-refractivity contribution in [2.45, 2.75) is 69.0 Å². The van der Waals surface area contributed by atoms with Crippen LogP contribution in [0.1, 0.15) is 50.2 Å². The van der Waals surface area contributed by atoms with Gasteiger partial charge in [-0.05, 0) is 91.6 Å². The van der Waals surface area contributed by atoms with Gasteiger partial charge in [-0.25, -0.2) is 12.8 Å². The molecule has 4 aromatic rings. The van der Waals surface area contributed by atoms with E-state index in [1.807, 2.05) is 37.3 Å². The first-order valence-electron chi connectivity index (χ1n) is 16.5. The molecule has 0 saturated heterocycles. The van der Waals surface area contributed by atoms with E-state index in [0.717, 1.165) is 54.1 Å². The maximum absolute atomic E-state index is 14.6. The van der Waals surface area contributed by atoms with Crippen molar-refractivity contribution in [2.24, 2.45) is 0 Å². The molecule has 0 aromatic heterocycles. The van der Waals surface area contributed by atoms with Gasteiger partial charge in [0.05, 0.1) is 17.2 Å². The van der Waals surface area contributed by atoms with E-state index in [-0.39, 0.29) is 35.5 Å². The van der Waals surface area contributed by atoms with E-state index in [9.17, 15) is 22.4 Å². The van der Waals surface area contributed by atoms with Crippen molar-refractivity contribution >= 4 is 39.1 Å². The van der Waals surface area contributed by atoms with Crippen LogP contribution >= 0.6 is 11.6 Å². The molecule has 0 aliphatic heterocycles. The molecular formula is C38H41ClFN3O5S. The zero-order chi connectivity index (χ0) is 34.8. The summed E-state index contributed by atoms with van der Waals surface area (Å²) in [4.78, 5) is 30.2. The minimum atomic E-state index is -4.35. The number of amides is 2. The van der Waals surface area contributed by atoms with E-state index < -0.39 is 34.3 Å². The predicted molar refractivity (Wildman–Crippen MR) is 189 cm³/mol. The summed E-state index contributed by atoms with van der Waals surface area (Å²) in [6, 6.07) is 26.2.